The molecule has 7 heteroatoms. The van der Waals surface area contributed by atoms with E-state index in [0.717, 1.165) is 0 Å². The molecule has 1 aromatic heterocycles. The lowest BCUT2D eigenvalue weighted by Crippen LogP contribution is -2.28. The number of hydrogen-bond acceptors (Lipinski definition) is 3. The molecule has 2 N–H and O–H groups in total. The Bertz CT molecular complexity index is 516. The van der Waals surface area contributed by atoms with Crippen molar-refractivity contribution in [3.8, 4) is 5.69 Å². The Kier molecular flexibility index (Phi) is 3.21. The minimum Gasteiger partial charge on any atom is -0.423 e. The van der Waals surface area contributed by atoms with Crippen molar-refractivity contribution in [2.24, 2.45) is 0 Å². The van der Waals surface area contributed by atoms with Crippen LogP contribution in [0.1, 0.15) is 0 Å². The lowest BCUT2D eigenvalue weighted by Gasteiger charge is -2.04. The van der Waals surface area contributed by atoms with Crippen LogP contribution in [0.15, 0.2) is 30.6 Å². The van der Waals surface area contributed by atoms with Crippen molar-refractivity contribution >= 4 is 35.8 Å². The van der Waals surface area contributed by atoms with Crippen LogP contribution in [-0.2, 0) is 0 Å². The number of benzene rings is 1. The molecule has 0 atom stereocenters. The van der Waals surface area contributed by atoms with Gasteiger partial charge in [-0.1, -0.05) is 23.2 Å². The van der Waals surface area contributed by atoms with Gasteiger partial charge in [0.2, 0.25) is 0 Å². The van der Waals surface area contributed by atoms with E-state index >= 15 is 0 Å². The highest BCUT2D eigenvalue weighted by Crippen LogP contribution is 2.23. The summed E-state index contributed by atoms with van der Waals surface area (Å²) in [6.45, 7) is 0. The van der Waals surface area contributed by atoms with Gasteiger partial charge >= 0.3 is 7.12 Å². The molecule has 1 heterocycles. The molecule has 0 aliphatic carbocycles. The molecule has 16 heavy (non-hydrogen) atoms. The quantitative estimate of drug-likeness (QED) is 0.784. The second-order valence-corrected chi connectivity index (χ2v) is 4.03. The fraction of sp³-hybridized carbons (Fsp3) is 0. The van der Waals surface area contributed by atoms with E-state index in [2.05, 4.69) is 5.10 Å². The maximum absolute atomic E-state index is 8.95. The Morgan fingerprint density at radius 2 is 2.00 bits per heavy atom. The lowest BCUT2D eigenvalue weighted by molar-refractivity contribution is 0.426. The van der Waals surface area contributed by atoms with Gasteiger partial charge in [-0.25, -0.2) is 4.68 Å². The molecule has 0 fully saturated rings. The van der Waals surface area contributed by atoms with Crippen LogP contribution in [0.4, 0.5) is 0 Å². The van der Waals surface area contributed by atoms with Gasteiger partial charge in [-0.05, 0) is 18.2 Å². The van der Waals surface area contributed by atoms with Crippen molar-refractivity contribution in [3.63, 3.8) is 0 Å². The summed E-state index contributed by atoms with van der Waals surface area (Å²) in [6.07, 6.45) is 2.82. The first-order chi connectivity index (χ1) is 7.58. The van der Waals surface area contributed by atoms with Crippen LogP contribution in [0.3, 0.4) is 0 Å². The molecule has 0 aliphatic heterocycles. The Labute approximate surface area is 102 Å². The van der Waals surface area contributed by atoms with Crippen LogP contribution in [0, 0.1) is 0 Å². The van der Waals surface area contributed by atoms with Crippen molar-refractivity contribution in [1.82, 2.24) is 9.78 Å². The lowest BCUT2D eigenvalue weighted by atomic mass is 9.83. The van der Waals surface area contributed by atoms with Gasteiger partial charge in [0.1, 0.15) is 0 Å². The Morgan fingerprint density at radius 1 is 1.25 bits per heavy atom. The molecule has 0 bridgehead atoms. The molecule has 1 aromatic carbocycles. The average molecular weight is 257 g/mol. The molecule has 2 aromatic rings. The van der Waals surface area contributed by atoms with Crippen LogP contribution >= 0.6 is 23.2 Å². The van der Waals surface area contributed by atoms with Crippen molar-refractivity contribution in [3.05, 3.63) is 40.6 Å². The minimum absolute atomic E-state index is 0.288. The van der Waals surface area contributed by atoms with Gasteiger partial charge < -0.3 is 10.0 Å². The van der Waals surface area contributed by atoms with E-state index < -0.39 is 7.12 Å². The molecule has 0 spiro atoms. The largest absolute Gasteiger partial charge is 0.491 e. The van der Waals surface area contributed by atoms with E-state index in [9.17, 15) is 0 Å². The standard InChI is InChI=1S/C9H7BCl2N2O2/c11-7-1-2-8(12)9(3-7)14-5-6(4-13-14)10(15)16/h1-5,15-16H. The van der Waals surface area contributed by atoms with Crippen LogP contribution in [-0.4, -0.2) is 26.9 Å². The first kappa shape index (κ1) is 11.5. The number of hydrogen-bond donors (Lipinski definition) is 2. The second kappa shape index (κ2) is 4.47. The van der Waals surface area contributed by atoms with Crippen molar-refractivity contribution in [2.75, 3.05) is 0 Å². The molecule has 0 amide bonds. The van der Waals surface area contributed by atoms with E-state index in [-0.39, 0.29) is 5.46 Å². The van der Waals surface area contributed by atoms with Crippen LogP contribution in [0.5, 0.6) is 0 Å². The van der Waals surface area contributed by atoms with Gasteiger partial charge in [-0.3, -0.25) is 0 Å². The molecule has 0 saturated heterocycles. The zero-order valence-corrected chi connectivity index (χ0v) is 9.52. The topological polar surface area (TPSA) is 58.3 Å². The molecule has 4 nitrogen and oxygen atoms in total. The fourth-order valence-corrected chi connectivity index (χ4v) is 1.63. The maximum atomic E-state index is 8.95. The summed E-state index contributed by atoms with van der Waals surface area (Å²) in [5, 5.41) is 22.9. The number of rotatable bonds is 2. The zero-order chi connectivity index (χ0) is 11.7. The predicted octanol–water partition coefficient (Wildman–Crippen LogP) is 0.859. The van der Waals surface area contributed by atoms with Crippen molar-refractivity contribution in [2.45, 2.75) is 0 Å². The molecule has 0 radical (unpaired) electrons. The van der Waals surface area contributed by atoms with Gasteiger partial charge in [0, 0.05) is 22.9 Å². The number of halogens is 2. The summed E-state index contributed by atoms with van der Waals surface area (Å²) in [5.74, 6) is 0. The molecule has 0 aliphatic rings. The third-order valence-electron chi connectivity index (χ3n) is 2.06. The van der Waals surface area contributed by atoms with E-state index in [1.165, 1.54) is 17.1 Å². The highest BCUT2D eigenvalue weighted by Gasteiger charge is 2.14. The Hall–Kier alpha value is -1.01. The zero-order valence-electron chi connectivity index (χ0n) is 8.01. The molecule has 0 saturated carbocycles. The summed E-state index contributed by atoms with van der Waals surface area (Å²) >= 11 is 11.8. The monoisotopic (exact) mass is 256 g/mol. The summed E-state index contributed by atoms with van der Waals surface area (Å²) in [4.78, 5) is 0. The Morgan fingerprint density at radius 3 is 2.62 bits per heavy atom. The highest BCUT2D eigenvalue weighted by atomic mass is 35.5. The molecular formula is C9H7BCl2N2O2. The van der Waals surface area contributed by atoms with Gasteiger partial charge in [0.05, 0.1) is 10.7 Å². The third-order valence-corrected chi connectivity index (χ3v) is 2.61. The average Bonchev–Trinajstić information content (AvgIpc) is 2.70. The first-order valence-electron chi connectivity index (χ1n) is 4.44. The molecule has 82 valence electrons. The van der Waals surface area contributed by atoms with Gasteiger partial charge in [-0.15, -0.1) is 0 Å². The minimum atomic E-state index is -1.55. The highest BCUT2D eigenvalue weighted by molar-refractivity contribution is 6.58. The summed E-state index contributed by atoms with van der Waals surface area (Å²) < 4.78 is 1.43. The number of nitrogens with zero attached hydrogens (tertiary/aromatic N) is 2. The molecular weight excluding hydrogens is 250 g/mol. The van der Waals surface area contributed by atoms with Gasteiger partial charge in [0.15, 0.2) is 0 Å². The van der Waals surface area contributed by atoms with Crippen LogP contribution in [0.2, 0.25) is 10.0 Å². The second-order valence-electron chi connectivity index (χ2n) is 3.19. The van der Waals surface area contributed by atoms with Crippen molar-refractivity contribution in [1.29, 1.82) is 0 Å². The van der Waals surface area contributed by atoms with Crippen molar-refractivity contribution < 1.29 is 10.0 Å². The Balaban J connectivity index is 2.46. The third kappa shape index (κ3) is 2.22. The van der Waals surface area contributed by atoms with E-state index in [4.69, 9.17) is 33.2 Å². The van der Waals surface area contributed by atoms with Gasteiger partial charge in [-0.2, -0.15) is 5.10 Å². The molecule has 2 rings (SSSR count). The molecule has 0 unspecified atom stereocenters. The smallest absolute Gasteiger partial charge is 0.423 e. The SMILES string of the molecule is OB(O)c1cnn(-c2cc(Cl)ccc2Cl)c1. The normalized spacial score (nSPS) is 10.5. The summed E-state index contributed by atoms with van der Waals surface area (Å²) in [5.41, 5.74) is 0.872. The summed E-state index contributed by atoms with van der Waals surface area (Å²) in [7, 11) is -1.55. The predicted molar refractivity (Wildman–Crippen MR) is 63.4 cm³/mol. The number of aromatic nitrogens is 2. The van der Waals surface area contributed by atoms with Crippen LogP contribution in [0.25, 0.3) is 5.69 Å². The van der Waals surface area contributed by atoms with E-state index in [1.807, 2.05) is 0 Å². The van der Waals surface area contributed by atoms with E-state index in [1.54, 1.807) is 18.2 Å². The van der Waals surface area contributed by atoms with Gasteiger partial charge in [0.25, 0.3) is 0 Å². The maximum Gasteiger partial charge on any atom is 0.491 e. The fourth-order valence-electron chi connectivity index (χ4n) is 1.26. The van der Waals surface area contributed by atoms with Crippen LogP contribution < -0.4 is 5.46 Å². The summed E-state index contributed by atoms with van der Waals surface area (Å²) in [6, 6.07) is 4.96. The first-order valence-corrected chi connectivity index (χ1v) is 5.19. The van der Waals surface area contributed by atoms with E-state index in [0.29, 0.717) is 15.7 Å².